The predicted molar refractivity (Wildman–Crippen MR) is 93.6 cm³/mol. The number of fused-ring (bicyclic) bond motifs is 1. The first-order valence-corrected chi connectivity index (χ1v) is 8.26. The molecule has 1 amide bonds. The molecule has 2 aromatic carbocycles. The second kappa shape index (κ2) is 6.46. The van der Waals surface area contributed by atoms with E-state index >= 15 is 0 Å². The molecule has 1 unspecified atom stereocenters. The molecular weight excluding hydrogens is 349 g/mol. The molecular formula is C18H15Cl2NO3. The quantitative estimate of drug-likeness (QED) is 0.653. The maximum Gasteiger partial charge on any atom is 0.338 e. The molecule has 1 heterocycles. The number of benzene rings is 2. The van der Waals surface area contributed by atoms with Gasteiger partial charge in [-0.2, -0.15) is 0 Å². The molecule has 6 heteroatoms. The Labute approximate surface area is 149 Å². The monoisotopic (exact) mass is 363 g/mol. The summed E-state index contributed by atoms with van der Waals surface area (Å²) >= 11 is 13.1. The maximum atomic E-state index is 12.5. The average Bonchev–Trinajstić information content (AvgIpc) is 2.91. The van der Waals surface area contributed by atoms with E-state index in [0.29, 0.717) is 22.4 Å². The zero-order valence-electron chi connectivity index (χ0n) is 12.9. The summed E-state index contributed by atoms with van der Waals surface area (Å²) in [4.78, 5) is 24.3. The normalized spacial score (nSPS) is 16.5. The first-order valence-electron chi connectivity index (χ1n) is 7.50. The summed E-state index contributed by atoms with van der Waals surface area (Å²) in [5.41, 5.74) is 2.18. The number of hydrogen-bond donors (Lipinski definition) is 1. The third-order valence-electron chi connectivity index (χ3n) is 3.92. The molecule has 0 fully saturated rings. The van der Waals surface area contributed by atoms with Crippen molar-refractivity contribution in [2.45, 2.75) is 17.2 Å². The summed E-state index contributed by atoms with van der Waals surface area (Å²) in [6.07, 6.45) is 0. The summed E-state index contributed by atoms with van der Waals surface area (Å²) in [5, 5.41) is 2.75. The van der Waals surface area contributed by atoms with Crippen LogP contribution in [0.5, 0.6) is 0 Å². The number of alkyl halides is 2. The number of carbonyl (C=O) groups is 2. The number of halogens is 2. The molecule has 0 aliphatic carbocycles. The van der Waals surface area contributed by atoms with Gasteiger partial charge in [-0.25, -0.2) is 4.79 Å². The minimum absolute atomic E-state index is 0.283. The minimum atomic E-state index is -1.41. The number of anilines is 1. The molecule has 4 nitrogen and oxygen atoms in total. The minimum Gasteiger partial charge on any atom is -0.462 e. The third-order valence-corrected chi connectivity index (χ3v) is 4.79. The molecule has 0 radical (unpaired) electrons. The molecule has 0 saturated heterocycles. The van der Waals surface area contributed by atoms with Gasteiger partial charge in [0.1, 0.15) is 5.92 Å². The second-order valence-electron chi connectivity index (χ2n) is 5.43. The van der Waals surface area contributed by atoms with Crippen LogP contribution < -0.4 is 5.32 Å². The van der Waals surface area contributed by atoms with Gasteiger partial charge >= 0.3 is 5.97 Å². The van der Waals surface area contributed by atoms with Gasteiger partial charge in [0.05, 0.1) is 12.2 Å². The fourth-order valence-electron chi connectivity index (χ4n) is 2.79. The molecule has 0 spiro atoms. The highest BCUT2D eigenvalue weighted by Gasteiger charge is 2.47. The highest BCUT2D eigenvalue weighted by Crippen LogP contribution is 2.51. The van der Waals surface area contributed by atoms with Gasteiger partial charge in [0.25, 0.3) is 0 Å². The summed E-state index contributed by atoms with van der Waals surface area (Å²) in [6, 6.07) is 13.9. The van der Waals surface area contributed by atoms with Crippen molar-refractivity contribution in [3.63, 3.8) is 0 Å². The molecule has 0 bridgehead atoms. The van der Waals surface area contributed by atoms with Gasteiger partial charge < -0.3 is 10.1 Å². The van der Waals surface area contributed by atoms with Crippen LogP contribution in [0.4, 0.5) is 5.69 Å². The largest absolute Gasteiger partial charge is 0.462 e. The number of carbonyl (C=O) groups excluding carboxylic acids is 2. The number of rotatable bonds is 4. The van der Waals surface area contributed by atoms with Crippen LogP contribution in [0, 0.1) is 0 Å². The van der Waals surface area contributed by atoms with Crippen molar-refractivity contribution in [2.24, 2.45) is 0 Å². The Bertz CT molecular complexity index is 790. The van der Waals surface area contributed by atoms with E-state index in [4.69, 9.17) is 27.9 Å². The molecule has 124 valence electrons. The van der Waals surface area contributed by atoms with Crippen molar-refractivity contribution in [1.82, 2.24) is 0 Å². The van der Waals surface area contributed by atoms with Crippen molar-refractivity contribution in [3.05, 3.63) is 65.2 Å². The van der Waals surface area contributed by atoms with E-state index in [1.807, 2.05) is 18.2 Å². The van der Waals surface area contributed by atoms with Gasteiger partial charge in [-0.1, -0.05) is 59.6 Å². The molecule has 24 heavy (non-hydrogen) atoms. The lowest BCUT2D eigenvalue weighted by Gasteiger charge is -2.25. The van der Waals surface area contributed by atoms with E-state index in [0.717, 1.165) is 0 Å². The van der Waals surface area contributed by atoms with Crippen LogP contribution in [0.15, 0.2) is 48.5 Å². The topological polar surface area (TPSA) is 55.4 Å². The summed E-state index contributed by atoms with van der Waals surface area (Å²) in [7, 11) is 0. The Kier molecular flexibility index (Phi) is 4.52. The van der Waals surface area contributed by atoms with Gasteiger partial charge in [0.2, 0.25) is 5.91 Å². The Balaban J connectivity index is 1.99. The van der Waals surface area contributed by atoms with Crippen LogP contribution in [-0.2, 0) is 13.9 Å². The first kappa shape index (κ1) is 16.8. The van der Waals surface area contributed by atoms with Crippen molar-refractivity contribution in [2.75, 3.05) is 11.9 Å². The number of ether oxygens (including phenoxy) is 1. The Morgan fingerprint density at radius 2 is 1.92 bits per heavy atom. The van der Waals surface area contributed by atoms with Gasteiger partial charge in [-0.05, 0) is 30.2 Å². The number of esters is 1. The number of nitrogens with one attached hydrogen (secondary N) is 1. The fraction of sp³-hybridized carbons (Fsp3) is 0.222. The summed E-state index contributed by atoms with van der Waals surface area (Å²) < 4.78 is 3.56. The Morgan fingerprint density at radius 3 is 2.58 bits per heavy atom. The summed E-state index contributed by atoms with van der Waals surface area (Å²) in [5.74, 6) is -1.52. The number of amides is 1. The molecule has 0 saturated carbocycles. The van der Waals surface area contributed by atoms with Gasteiger partial charge in [-0.3, -0.25) is 4.79 Å². The van der Waals surface area contributed by atoms with E-state index in [2.05, 4.69) is 5.32 Å². The van der Waals surface area contributed by atoms with Crippen LogP contribution in [0.2, 0.25) is 0 Å². The van der Waals surface area contributed by atoms with Crippen LogP contribution >= 0.6 is 23.2 Å². The van der Waals surface area contributed by atoms with Crippen LogP contribution in [0.3, 0.4) is 0 Å². The number of hydrogen-bond acceptors (Lipinski definition) is 3. The van der Waals surface area contributed by atoms with Gasteiger partial charge in [-0.15, -0.1) is 0 Å². The third kappa shape index (κ3) is 2.87. The molecule has 2 aromatic rings. The lowest BCUT2D eigenvalue weighted by molar-refractivity contribution is -0.117. The fourth-order valence-corrected chi connectivity index (χ4v) is 3.48. The predicted octanol–water partition coefficient (Wildman–Crippen LogP) is 4.23. The van der Waals surface area contributed by atoms with Crippen molar-refractivity contribution in [1.29, 1.82) is 0 Å². The van der Waals surface area contributed by atoms with E-state index in [9.17, 15) is 9.59 Å². The summed E-state index contributed by atoms with van der Waals surface area (Å²) in [6.45, 7) is 2.02. The molecule has 0 aromatic heterocycles. The molecule has 1 aliphatic heterocycles. The first-order chi connectivity index (χ1) is 11.4. The zero-order chi connectivity index (χ0) is 17.3. The zero-order valence-corrected chi connectivity index (χ0v) is 14.4. The molecule has 1 N–H and O–H groups in total. The van der Waals surface area contributed by atoms with Crippen LogP contribution in [-0.4, -0.2) is 18.5 Å². The second-order valence-corrected chi connectivity index (χ2v) is 6.82. The smallest absolute Gasteiger partial charge is 0.338 e. The molecule has 1 aliphatic rings. The van der Waals surface area contributed by atoms with Gasteiger partial charge in [0.15, 0.2) is 4.33 Å². The maximum absolute atomic E-state index is 12.5. The van der Waals surface area contributed by atoms with Crippen molar-refractivity contribution >= 4 is 40.8 Å². The van der Waals surface area contributed by atoms with Gasteiger partial charge in [0, 0.05) is 5.69 Å². The van der Waals surface area contributed by atoms with Crippen molar-refractivity contribution < 1.29 is 14.3 Å². The van der Waals surface area contributed by atoms with E-state index < -0.39 is 16.2 Å². The standard InChI is InChI=1S/C18H15Cl2NO3/c1-2-24-17(23)11-8-9-13-14(10-11)21-16(22)15(13)18(19,20)12-6-4-3-5-7-12/h3-10,15H,2H2,1H3,(H,21,22). The highest BCUT2D eigenvalue weighted by atomic mass is 35.5. The average molecular weight is 364 g/mol. The molecule has 1 atom stereocenters. The lowest BCUT2D eigenvalue weighted by atomic mass is 9.91. The van der Waals surface area contributed by atoms with Crippen LogP contribution in [0.1, 0.15) is 34.3 Å². The SMILES string of the molecule is CCOC(=O)c1ccc2c(c1)NC(=O)C2C(Cl)(Cl)c1ccccc1. The van der Waals surface area contributed by atoms with E-state index in [-0.39, 0.29) is 12.5 Å². The van der Waals surface area contributed by atoms with Crippen molar-refractivity contribution in [3.8, 4) is 0 Å². The highest BCUT2D eigenvalue weighted by molar-refractivity contribution is 6.50. The molecule has 3 rings (SSSR count). The van der Waals surface area contributed by atoms with Crippen LogP contribution in [0.25, 0.3) is 0 Å². The Hall–Kier alpha value is -2.04. The van der Waals surface area contributed by atoms with E-state index in [1.54, 1.807) is 37.3 Å². The Morgan fingerprint density at radius 1 is 1.21 bits per heavy atom. The van der Waals surface area contributed by atoms with E-state index in [1.165, 1.54) is 0 Å². The lowest BCUT2D eigenvalue weighted by Crippen LogP contribution is -2.27.